The van der Waals surface area contributed by atoms with E-state index in [2.05, 4.69) is 4.98 Å². The molecule has 6 heteroatoms. The van der Waals surface area contributed by atoms with Gasteiger partial charge in [-0.05, 0) is 36.4 Å². The number of thioether (sulfide) groups is 1. The van der Waals surface area contributed by atoms with E-state index < -0.39 is 5.97 Å². The van der Waals surface area contributed by atoms with Crippen molar-refractivity contribution < 1.29 is 14.6 Å². The van der Waals surface area contributed by atoms with Crippen LogP contribution in [0.25, 0.3) is 0 Å². The number of carboxylic acid groups (broad SMARTS) is 1. The second-order valence-corrected chi connectivity index (χ2v) is 5.07. The van der Waals surface area contributed by atoms with Crippen LogP contribution in [0.3, 0.4) is 0 Å². The van der Waals surface area contributed by atoms with Crippen molar-refractivity contribution in [2.75, 3.05) is 18.1 Å². The highest BCUT2D eigenvalue weighted by Gasteiger charge is 2.02. The third-order valence-corrected chi connectivity index (χ3v) is 3.37. The summed E-state index contributed by atoms with van der Waals surface area (Å²) in [5.74, 6) is 0.458. The number of benzene rings is 1. The van der Waals surface area contributed by atoms with Crippen LogP contribution in [0.2, 0.25) is 0 Å². The Balaban J connectivity index is 1.75. The number of hydrogen-bond donors (Lipinski definition) is 2. The zero-order chi connectivity index (χ0) is 14.4. The van der Waals surface area contributed by atoms with E-state index >= 15 is 0 Å². The molecule has 2 rings (SSSR count). The molecule has 1 heterocycles. The lowest BCUT2D eigenvalue weighted by Gasteiger charge is -2.06. The molecule has 1 aromatic heterocycles. The summed E-state index contributed by atoms with van der Waals surface area (Å²) in [6.07, 6.45) is 1.62. The summed E-state index contributed by atoms with van der Waals surface area (Å²) < 4.78 is 5.52. The van der Waals surface area contributed by atoms with E-state index in [0.717, 1.165) is 10.8 Å². The van der Waals surface area contributed by atoms with Crippen molar-refractivity contribution in [1.82, 2.24) is 4.98 Å². The Kier molecular flexibility index (Phi) is 4.84. The average Bonchev–Trinajstić information content (AvgIpc) is 2.46. The minimum atomic E-state index is -0.943. The van der Waals surface area contributed by atoms with Gasteiger partial charge in [0.2, 0.25) is 0 Å². The predicted molar refractivity (Wildman–Crippen MR) is 78.3 cm³/mol. The molecular formula is C14H14N2O3S. The quantitative estimate of drug-likeness (QED) is 0.628. The number of aromatic nitrogens is 1. The Bertz CT molecular complexity index is 570. The van der Waals surface area contributed by atoms with Gasteiger partial charge < -0.3 is 15.6 Å². The van der Waals surface area contributed by atoms with Crippen LogP contribution in [-0.4, -0.2) is 28.4 Å². The summed E-state index contributed by atoms with van der Waals surface area (Å²) in [6.45, 7) is 0.517. The third kappa shape index (κ3) is 4.17. The van der Waals surface area contributed by atoms with Gasteiger partial charge in [-0.2, -0.15) is 0 Å². The van der Waals surface area contributed by atoms with Crippen molar-refractivity contribution >= 4 is 23.4 Å². The standard InChI is InChI=1S/C14H14N2O3S/c15-11-3-6-13(16-9-11)20-8-7-19-12-4-1-10(2-5-12)14(17)18/h1-6,9H,7-8,15H2,(H,17,18). The van der Waals surface area contributed by atoms with Gasteiger partial charge in [0.15, 0.2) is 0 Å². The highest BCUT2D eigenvalue weighted by molar-refractivity contribution is 7.99. The molecule has 0 saturated heterocycles. The van der Waals surface area contributed by atoms with Crippen LogP contribution in [0.5, 0.6) is 5.75 Å². The second-order valence-electron chi connectivity index (χ2n) is 3.96. The summed E-state index contributed by atoms with van der Waals surface area (Å²) in [5.41, 5.74) is 6.44. The highest BCUT2D eigenvalue weighted by atomic mass is 32.2. The molecule has 104 valence electrons. The Morgan fingerprint density at radius 3 is 2.60 bits per heavy atom. The molecule has 0 bridgehead atoms. The lowest BCUT2D eigenvalue weighted by molar-refractivity contribution is 0.0697. The van der Waals surface area contributed by atoms with Crippen molar-refractivity contribution in [2.24, 2.45) is 0 Å². The SMILES string of the molecule is Nc1ccc(SCCOc2ccc(C(=O)O)cc2)nc1. The summed E-state index contributed by atoms with van der Waals surface area (Å²) in [4.78, 5) is 14.9. The van der Waals surface area contributed by atoms with Crippen molar-refractivity contribution in [3.8, 4) is 5.75 Å². The zero-order valence-electron chi connectivity index (χ0n) is 10.7. The Morgan fingerprint density at radius 2 is 2.00 bits per heavy atom. The number of rotatable bonds is 6. The number of aromatic carboxylic acids is 1. The maximum absolute atomic E-state index is 10.7. The Labute approximate surface area is 120 Å². The monoisotopic (exact) mass is 290 g/mol. The number of nitrogen functional groups attached to an aromatic ring is 1. The topological polar surface area (TPSA) is 85.4 Å². The minimum absolute atomic E-state index is 0.248. The molecule has 0 aliphatic rings. The Hall–Kier alpha value is -2.21. The number of carbonyl (C=O) groups is 1. The predicted octanol–water partition coefficient (Wildman–Crippen LogP) is 2.53. The molecule has 0 aliphatic heterocycles. The van der Waals surface area contributed by atoms with Gasteiger partial charge in [-0.1, -0.05) is 0 Å². The van der Waals surface area contributed by atoms with Crippen molar-refractivity contribution in [3.05, 3.63) is 48.2 Å². The molecule has 0 aliphatic carbocycles. The van der Waals surface area contributed by atoms with Crippen LogP contribution < -0.4 is 10.5 Å². The van der Waals surface area contributed by atoms with Crippen molar-refractivity contribution in [3.63, 3.8) is 0 Å². The summed E-state index contributed by atoms with van der Waals surface area (Å²) in [5, 5.41) is 9.67. The first-order valence-electron chi connectivity index (χ1n) is 5.95. The highest BCUT2D eigenvalue weighted by Crippen LogP contribution is 2.17. The molecule has 20 heavy (non-hydrogen) atoms. The maximum atomic E-state index is 10.7. The second kappa shape index (κ2) is 6.81. The zero-order valence-corrected chi connectivity index (χ0v) is 11.5. The largest absolute Gasteiger partial charge is 0.493 e. The van der Waals surface area contributed by atoms with E-state index in [4.69, 9.17) is 15.6 Å². The first-order valence-corrected chi connectivity index (χ1v) is 6.94. The summed E-state index contributed by atoms with van der Waals surface area (Å²) >= 11 is 1.57. The number of carboxylic acids is 1. The number of anilines is 1. The molecule has 0 unspecified atom stereocenters. The summed E-state index contributed by atoms with van der Waals surface area (Å²) in [6, 6.07) is 10.0. The molecule has 3 N–H and O–H groups in total. The van der Waals surface area contributed by atoms with Crippen LogP contribution in [0, 0.1) is 0 Å². The fraction of sp³-hybridized carbons (Fsp3) is 0.143. The number of ether oxygens (including phenoxy) is 1. The number of nitrogens with zero attached hydrogens (tertiary/aromatic N) is 1. The number of hydrogen-bond acceptors (Lipinski definition) is 5. The average molecular weight is 290 g/mol. The smallest absolute Gasteiger partial charge is 0.335 e. The van der Waals surface area contributed by atoms with Gasteiger partial charge in [-0.3, -0.25) is 0 Å². The van der Waals surface area contributed by atoms with Crippen LogP contribution in [0.1, 0.15) is 10.4 Å². The normalized spacial score (nSPS) is 10.2. The van der Waals surface area contributed by atoms with Gasteiger partial charge in [0.25, 0.3) is 0 Å². The van der Waals surface area contributed by atoms with Crippen LogP contribution in [-0.2, 0) is 0 Å². The van der Waals surface area contributed by atoms with Crippen molar-refractivity contribution in [2.45, 2.75) is 5.03 Å². The van der Waals surface area contributed by atoms with Gasteiger partial charge in [0, 0.05) is 5.75 Å². The molecule has 2 aromatic rings. The van der Waals surface area contributed by atoms with E-state index in [9.17, 15) is 4.79 Å². The fourth-order valence-electron chi connectivity index (χ4n) is 1.48. The van der Waals surface area contributed by atoms with E-state index in [0.29, 0.717) is 18.0 Å². The first-order chi connectivity index (χ1) is 9.65. The third-order valence-electron chi connectivity index (χ3n) is 2.46. The molecular weight excluding hydrogens is 276 g/mol. The van der Waals surface area contributed by atoms with Crippen LogP contribution >= 0.6 is 11.8 Å². The van der Waals surface area contributed by atoms with E-state index in [-0.39, 0.29) is 5.56 Å². The van der Waals surface area contributed by atoms with E-state index in [1.165, 1.54) is 12.1 Å². The maximum Gasteiger partial charge on any atom is 0.335 e. The van der Waals surface area contributed by atoms with Gasteiger partial charge in [-0.15, -0.1) is 11.8 Å². The van der Waals surface area contributed by atoms with Crippen molar-refractivity contribution in [1.29, 1.82) is 0 Å². The molecule has 5 nitrogen and oxygen atoms in total. The van der Waals surface area contributed by atoms with E-state index in [1.807, 2.05) is 6.07 Å². The molecule has 1 aromatic carbocycles. The van der Waals surface area contributed by atoms with Crippen LogP contribution in [0.4, 0.5) is 5.69 Å². The lowest BCUT2D eigenvalue weighted by atomic mass is 10.2. The number of pyridine rings is 1. The summed E-state index contributed by atoms with van der Waals surface area (Å²) in [7, 11) is 0. The molecule has 0 fully saturated rings. The molecule has 0 spiro atoms. The fourth-order valence-corrected chi connectivity index (χ4v) is 2.14. The molecule has 0 radical (unpaired) electrons. The first kappa shape index (κ1) is 14.2. The van der Waals surface area contributed by atoms with Crippen LogP contribution in [0.15, 0.2) is 47.6 Å². The van der Waals surface area contributed by atoms with Gasteiger partial charge in [0.1, 0.15) is 5.75 Å². The Morgan fingerprint density at radius 1 is 1.25 bits per heavy atom. The molecule has 0 amide bonds. The molecule has 0 atom stereocenters. The molecule has 0 saturated carbocycles. The van der Waals surface area contributed by atoms with Gasteiger partial charge in [-0.25, -0.2) is 9.78 Å². The van der Waals surface area contributed by atoms with Gasteiger partial charge in [0.05, 0.1) is 29.1 Å². The van der Waals surface area contributed by atoms with E-state index in [1.54, 1.807) is 36.2 Å². The number of nitrogens with two attached hydrogens (primary N) is 1. The lowest BCUT2D eigenvalue weighted by Crippen LogP contribution is -2.01. The minimum Gasteiger partial charge on any atom is -0.493 e. The van der Waals surface area contributed by atoms with Gasteiger partial charge >= 0.3 is 5.97 Å².